The second kappa shape index (κ2) is 15.2. The lowest BCUT2D eigenvalue weighted by atomic mass is 9.93. The monoisotopic (exact) mass is 593 g/mol. The minimum Gasteiger partial charge on any atom is -0.361 e. The van der Waals surface area contributed by atoms with Gasteiger partial charge in [0.25, 0.3) is 0 Å². The van der Waals surface area contributed by atoms with Gasteiger partial charge in [0.05, 0.1) is 0 Å². The molecule has 4 amide bonds. The highest BCUT2D eigenvalue weighted by atomic mass is 16.2. The number of rotatable bonds is 11. The summed E-state index contributed by atoms with van der Waals surface area (Å²) in [6.07, 6.45) is 8.30. The van der Waals surface area contributed by atoms with Gasteiger partial charge in [-0.2, -0.15) is 0 Å². The van der Waals surface area contributed by atoms with Gasteiger partial charge in [-0.1, -0.05) is 58.2 Å². The highest BCUT2D eigenvalue weighted by molar-refractivity contribution is 5.98. The van der Waals surface area contributed by atoms with Gasteiger partial charge in [-0.15, -0.1) is 0 Å². The third-order valence-electron chi connectivity index (χ3n) is 9.07. The number of carbonyl (C=O) groups is 5. The van der Waals surface area contributed by atoms with Gasteiger partial charge in [0.15, 0.2) is 0 Å². The van der Waals surface area contributed by atoms with Crippen LogP contribution in [-0.2, 0) is 30.4 Å². The van der Waals surface area contributed by atoms with E-state index in [-0.39, 0.29) is 29.9 Å². The summed E-state index contributed by atoms with van der Waals surface area (Å²) in [7, 11) is 0. The van der Waals surface area contributed by atoms with Crippen molar-refractivity contribution in [2.45, 2.75) is 116 Å². The molecule has 10 nitrogen and oxygen atoms in total. The average molecular weight is 594 g/mol. The number of benzene rings is 1. The molecule has 0 aliphatic carbocycles. The summed E-state index contributed by atoms with van der Waals surface area (Å²) in [6, 6.07) is 4.44. The Bertz CT molecular complexity index is 1310. The summed E-state index contributed by atoms with van der Waals surface area (Å²) in [6.45, 7) is 6.17. The van der Waals surface area contributed by atoms with Crippen molar-refractivity contribution in [1.82, 2.24) is 25.8 Å². The molecule has 4 rings (SSSR count). The first kappa shape index (κ1) is 32.2. The Labute approximate surface area is 254 Å². The number of fused-ring (bicyclic) bond motifs is 2. The van der Waals surface area contributed by atoms with E-state index in [0.717, 1.165) is 42.1 Å². The summed E-state index contributed by atoms with van der Waals surface area (Å²) in [5.74, 6) is -1.39. The van der Waals surface area contributed by atoms with E-state index >= 15 is 0 Å². The van der Waals surface area contributed by atoms with Crippen molar-refractivity contribution in [3.8, 4) is 0 Å². The van der Waals surface area contributed by atoms with Crippen LogP contribution in [0, 0.1) is 5.92 Å². The zero-order valence-electron chi connectivity index (χ0n) is 25.7. The number of H-pyrrole nitrogens is 1. The Kier molecular flexibility index (Phi) is 11.4. The van der Waals surface area contributed by atoms with Gasteiger partial charge < -0.3 is 25.8 Å². The smallest absolute Gasteiger partial charge is 0.246 e. The fourth-order valence-corrected chi connectivity index (χ4v) is 6.15. The van der Waals surface area contributed by atoms with Crippen LogP contribution >= 0.6 is 0 Å². The topological polar surface area (TPSA) is 140 Å². The van der Waals surface area contributed by atoms with Crippen molar-refractivity contribution in [3.63, 3.8) is 0 Å². The van der Waals surface area contributed by atoms with Gasteiger partial charge >= 0.3 is 0 Å². The van der Waals surface area contributed by atoms with E-state index in [2.05, 4.69) is 20.9 Å². The first-order chi connectivity index (χ1) is 20.7. The van der Waals surface area contributed by atoms with Crippen molar-refractivity contribution in [3.05, 3.63) is 36.0 Å². The zero-order chi connectivity index (χ0) is 30.9. The standard InChI is InChI=1S/C33H47N5O5/c1-4-21(3)29-33(43)38-18-12-11-17-28(38)32(42)35-26(16-8-6-7-13-23(39)5-2)30(40)36-27(31(41)37-29)19-22-20-34-25-15-10-9-14-24(22)25/h9-10,14-15,20-21,26-29,34H,4-8,11-13,16-19H2,1-3H3,(H,35,42)(H,36,40)(H,37,41)/t21-,26-,27-,28+,29+/m0/s1. The fourth-order valence-electron chi connectivity index (χ4n) is 6.15. The molecule has 2 aromatic rings. The maximum atomic E-state index is 14.0. The van der Waals surface area contributed by atoms with Crippen LogP contribution in [-0.4, -0.2) is 70.0 Å². The van der Waals surface area contributed by atoms with Crippen LogP contribution < -0.4 is 16.0 Å². The van der Waals surface area contributed by atoms with Gasteiger partial charge in [-0.25, -0.2) is 0 Å². The number of aromatic nitrogens is 1. The number of nitrogens with zero attached hydrogens (tertiary/aromatic N) is 1. The summed E-state index contributed by atoms with van der Waals surface area (Å²) >= 11 is 0. The van der Waals surface area contributed by atoms with Crippen LogP contribution in [0.5, 0.6) is 0 Å². The molecule has 0 spiro atoms. The Morgan fingerprint density at radius 3 is 2.44 bits per heavy atom. The maximum absolute atomic E-state index is 14.0. The van der Waals surface area contributed by atoms with Gasteiger partial charge in [0.1, 0.15) is 30.0 Å². The Morgan fingerprint density at radius 2 is 1.67 bits per heavy atom. The number of ketones is 1. The van der Waals surface area contributed by atoms with E-state index in [1.54, 1.807) is 4.90 Å². The molecule has 0 saturated carbocycles. The Morgan fingerprint density at radius 1 is 0.930 bits per heavy atom. The molecule has 1 aromatic heterocycles. The Hall–Kier alpha value is -3.69. The quantitative estimate of drug-likeness (QED) is 0.295. The van der Waals surface area contributed by atoms with Crippen molar-refractivity contribution in [2.75, 3.05) is 6.54 Å². The van der Waals surface area contributed by atoms with Gasteiger partial charge in [0.2, 0.25) is 23.6 Å². The summed E-state index contributed by atoms with van der Waals surface area (Å²) in [4.78, 5) is 71.9. The van der Waals surface area contributed by atoms with Crippen LogP contribution in [0.25, 0.3) is 10.9 Å². The third kappa shape index (κ3) is 8.03. The molecule has 5 atom stereocenters. The SMILES string of the molecule is CCC(=O)CCCCC[C@@H]1NC(=O)[C@H]2CCCCN2C(=O)[C@@H]([C@@H](C)CC)NC(=O)[C@H](Cc2c[nH]c3ccccc23)NC1=O. The molecule has 4 N–H and O–H groups in total. The van der Waals surface area contributed by atoms with Crippen LogP contribution in [0.15, 0.2) is 30.5 Å². The van der Waals surface area contributed by atoms with E-state index in [0.29, 0.717) is 45.1 Å². The molecule has 0 unspecified atom stereocenters. The number of piperidine rings is 1. The molecule has 43 heavy (non-hydrogen) atoms. The van der Waals surface area contributed by atoms with Gasteiger partial charge in [-0.05, 0) is 49.7 Å². The predicted octanol–water partition coefficient (Wildman–Crippen LogP) is 3.54. The van der Waals surface area contributed by atoms with E-state index in [4.69, 9.17) is 0 Å². The molecule has 2 saturated heterocycles. The van der Waals surface area contributed by atoms with Crippen molar-refractivity contribution in [2.24, 2.45) is 5.92 Å². The minimum absolute atomic E-state index is 0.165. The number of para-hydroxylation sites is 1. The molecular formula is C33H47N5O5. The first-order valence-corrected chi connectivity index (χ1v) is 16.0. The number of amides is 4. The van der Waals surface area contributed by atoms with Crippen LogP contribution in [0.2, 0.25) is 0 Å². The molecular weight excluding hydrogens is 546 g/mol. The number of unbranched alkanes of at least 4 members (excludes halogenated alkanes) is 2. The summed E-state index contributed by atoms with van der Waals surface area (Å²) in [5.41, 5.74) is 1.79. The lowest BCUT2D eigenvalue weighted by Crippen LogP contribution is -2.64. The van der Waals surface area contributed by atoms with E-state index in [1.807, 2.05) is 51.2 Å². The van der Waals surface area contributed by atoms with Crippen molar-refractivity contribution in [1.29, 1.82) is 0 Å². The van der Waals surface area contributed by atoms with Crippen molar-refractivity contribution >= 4 is 40.3 Å². The molecule has 2 aliphatic heterocycles. The zero-order valence-corrected chi connectivity index (χ0v) is 25.7. The highest BCUT2D eigenvalue weighted by Gasteiger charge is 2.40. The largest absolute Gasteiger partial charge is 0.361 e. The van der Waals surface area contributed by atoms with Crippen molar-refractivity contribution < 1.29 is 24.0 Å². The molecule has 2 aliphatic rings. The molecule has 0 radical (unpaired) electrons. The third-order valence-corrected chi connectivity index (χ3v) is 9.07. The average Bonchev–Trinajstić information content (AvgIpc) is 3.43. The number of aromatic amines is 1. The molecule has 2 fully saturated rings. The Balaban J connectivity index is 1.63. The number of hydrogen-bond donors (Lipinski definition) is 4. The lowest BCUT2D eigenvalue weighted by molar-refractivity contribution is -0.147. The van der Waals surface area contributed by atoms with Crippen LogP contribution in [0.4, 0.5) is 0 Å². The molecule has 234 valence electrons. The second-order valence-corrected chi connectivity index (χ2v) is 12.1. The first-order valence-electron chi connectivity index (χ1n) is 16.0. The molecule has 0 bridgehead atoms. The highest BCUT2D eigenvalue weighted by Crippen LogP contribution is 2.23. The number of Topliss-reactive ketones (excluding diaryl/α,β-unsaturated/α-hetero) is 1. The molecule has 3 heterocycles. The predicted molar refractivity (Wildman–Crippen MR) is 165 cm³/mol. The van der Waals surface area contributed by atoms with E-state index < -0.39 is 36.0 Å². The molecule has 10 heteroatoms. The normalized spacial score (nSPS) is 24.3. The van der Waals surface area contributed by atoms with Gasteiger partial charge in [-0.3, -0.25) is 24.0 Å². The number of nitrogens with one attached hydrogen (secondary N) is 4. The number of hydrogen-bond acceptors (Lipinski definition) is 5. The van der Waals surface area contributed by atoms with E-state index in [9.17, 15) is 24.0 Å². The van der Waals surface area contributed by atoms with E-state index in [1.165, 1.54) is 0 Å². The summed E-state index contributed by atoms with van der Waals surface area (Å²) in [5, 5.41) is 9.82. The summed E-state index contributed by atoms with van der Waals surface area (Å²) < 4.78 is 0. The lowest BCUT2D eigenvalue weighted by Gasteiger charge is -2.39. The van der Waals surface area contributed by atoms with Crippen LogP contribution in [0.3, 0.4) is 0 Å². The second-order valence-electron chi connectivity index (χ2n) is 12.1. The molecule has 1 aromatic carbocycles. The van der Waals surface area contributed by atoms with Gasteiger partial charge in [0, 0.05) is 42.9 Å². The fraction of sp³-hybridized carbons (Fsp3) is 0.606. The number of carbonyl (C=O) groups excluding carboxylic acids is 5. The maximum Gasteiger partial charge on any atom is 0.246 e. The van der Waals surface area contributed by atoms with Crippen LogP contribution in [0.1, 0.15) is 90.5 Å². The minimum atomic E-state index is -0.954.